The molecule has 0 aliphatic carbocycles. The zero-order valence-electron chi connectivity index (χ0n) is 11.1. The van der Waals surface area contributed by atoms with Gasteiger partial charge in [0.15, 0.2) is 0 Å². The molecule has 0 bridgehead atoms. The number of carboxylic acid groups (broad SMARTS) is 2. The Hall–Kier alpha value is -1.32. The van der Waals surface area contributed by atoms with Crippen molar-refractivity contribution in [2.75, 3.05) is 0 Å². The Morgan fingerprint density at radius 2 is 1.72 bits per heavy atom. The van der Waals surface area contributed by atoms with Crippen LogP contribution in [0.2, 0.25) is 0 Å². The predicted molar refractivity (Wildman–Crippen MR) is 70.5 cm³/mol. The predicted octanol–water partition coefficient (Wildman–Crippen LogP) is 3.47. The van der Waals surface area contributed by atoms with E-state index < -0.39 is 17.9 Å². The van der Waals surface area contributed by atoms with Crippen molar-refractivity contribution in [1.29, 1.82) is 0 Å². The van der Waals surface area contributed by atoms with E-state index in [4.69, 9.17) is 10.2 Å². The molecule has 0 heterocycles. The van der Waals surface area contributed by atoms with E-state index in [0.29, 0.717) is 6.42 Å². The average molecular weight is 256 g/mol. The summed E-state index contributed by atoms with van der Waals surface area (Å²) in [4.78, 5) is 21.2. The van der Waals surface area contributed by atoms with Gasteiger partial charge in [0, 0.05) is 0 Å². The Kier molecular flexibility index (Phi) is 10.0. The summed E-state index contributed by atoms with van der Waals surface area (Å²) in [6.07, 6.45) is 10.8. The SMILES string of the molecule is CCCCCCC/C=C/C[C@H](CC(=O)O)C(=O)O. The summed E-state index contributed by atoms with van der Waals surface area (Å²) in [5, 5.41) is 17.4. The van der Waals surface area contributed by atoms with Crippen LogP contribution in [0, 0.1) is 5.92 Å². The fraction of sp³-hybridized carbons (Fsp3) is 0.714. The van der Waals surface area contributed by atoms with Gasteiger partial charge in [-0.05, 0) is 19.3 Å². The van der Waals surface area contributed by atoms with E-state index in [1.165, 1.54) is 25.7 Å². The van der Waals surface area contributed by atoms with Gasteiger partial charge < -0.3 is 10.2 Å². The van der Waals surface area contributed by atoms with Crippen LogP contribution in [0.15, 0.2) is 12.2 Å². The van der Waals surface area contributed by atoms with Crippen molar-refractivity contribution in [2.24, 2.45) is 5.92 Å². The van der Waals surface area contributed by atoms with Gasteiger partial charge in [0.25, 0.3) is 0 Å². The summed E-state index contributed by atoms with van der Waals surface area (Å²) < 4.78 is 0. The molecular formula is C14H24O4. The van der Waals surface area contributed by atoms with Crippen molar-refractivity contribution in [3.63, 3.8) is 0 Å². The van der Waals surface area contributed by atoms with Crippen molar-refractivity contribution in [3.05, 3.63) is 12.2 Å². The van der Waals surface area contributed by atoms with Gasteiger partial charge in [0.05, 0.1) is 12.3 Å². The Morgan fingerprint density at radius 1 is 1.06 bits per heavy atom. The highest BCUT2D eigenvalue weighted by atomic mass is 16.4. The minimum absolute atomic E-state index is 0.302. The van der Waals surface area contributed by atoms with Gasteiger partial charge in [-0.1, -0.05) is 44.8 Å². The van der Waals surface area contributed by atoms with Crippen LogP contribution in [0.3, 0.4) is 0 Å². The number of hydrogen-bond donors (Lipinski definition) is 2. The van der Waals surface area contributed by atoms with E-state index >= 15 is 0 Å². The minimum atomic E-state index is -1.06. The summed E-state index contributed by atoms with van der Waals surface area (Å²) in [5.41, 5.74) is 0. The quantitative estimate of drug-likeness (QED) is 0.438. The van der Waals surface area contributed by atoms with Crippen LogP contribution >= 0.6 is 0 Å². The second-order valence-corrected chi connectivity index (χ2v) is 4.54. The highest BCUT2D eigenvalue weighted by Crippen LogP contribution is 2.11. The minimum Gasteiger partial charge on any atom is -0.481 e. The first kappa shape index (κ1) is 16.7. The van der Waals surface area contributed by atoms with E-state index in [1.807, 2.05) is 6.08 Å². The zero-order valence-corrected chi connectivity index (χ0v) is 11.1. The molecule has 4 nitrogen and oxygen atoms in total. The van der Waals surface area contributed by atoms with Crippen LogP contribution in [0.5, 0.6) is 0 Å². The van der Waals surface area contributed by atoms with Crippen LogP contribution in [-0.4, -0.2) is 22.2 Å². The Balaban J connectivity index is 3.70. The fourth-order valence-electron chi connectivity index (χ4n) is 1.73. The molecule has 0 aliphatic rings. The largest absolute Gasteiger partial charge is 0.481 e. The Labute approximate surface area is 109 Å². The van der Waals surface area contributed by atoms with Gasteiger partial charge in [-0.15, -0.1) is 0 Å². The molecule has 4 heteroatoms. The standard InChI is InChI=1S/C14H24O4/c1-2-3-4-5-6-7-8-9-10-12(14(17)18)11-13(15)16/h8-9,12H,2-7,10-11H2,1H3,(H,15,16)(H,17,18)/b9-8+/t12-/m1/s1. The normalized spacial score (nSPS) is 12.7. The molecule has 1 atom stereocenters. The third-order valence-electron chi connectivity index (χ3n) is 2.83. The van der Waals surface area contributed by atoms with Gasteiger partial charge >= 0.3 is 11.9 Å². The smallest absolute Gasteiger partial charge is 0.307 e. The molecule has 0 amide bonds. The zero-order chi connectivity index (χ0) is 13.8. The molecule has 0 radical (unpaired) electrons. The summed E-state index contributed by atoms with van der Waals surface area (Å²) in [5.74, 6) is -2.90. The first-order valence-electron chi connectivity index (χ1n) is 6.67. The number of allylic oxidation sites excluding steroid dienone is 2. The van der Waals surface area contributed by atoms with E-state index in [0.717, 1.165) is 12.8 Å². The maximum atomic E-state index is 10.8. The first-order chi connectivity index (χ1) is 8.57. The molecule has 0 unspecified atom stereocenters. The Bertz CT molecular complexity index is 271. The molecular weight excluding hydrogens is 232 g/mol. The summed E-state index contributed by atoms with van der Waals surface area (Å²) in [6.45, 7) is 2.17. The lowest BCUT2D eigenvalue weighted by Gasteiger charge is -2.05. The molecule has 18 heavy (non-hydrogen) atoms. The van der Waals surface area contributed by atoms with Gasteiger partial charge in [0.1, 0.15) is 0 Å². The van der Waals surface area contributed by atoms with E-state index in [2.05, 4.69) is 6.92 Å². The van der Waals surface area contributed by atoms with Crippen molar-refractivity contribution < 1.29 is 19.8 Å². The van der Waals surface area contributed by atoms with Crippen molar-refractivity contribution in [3.8, 4) is 0 Å². The lowest BCUT2D eigenvalue weighted by molar-refractivity contribution is -0.148. The third-order valence-corrected chi connectivity index (χ3v) is 2.83. The molecule has 0 saturated carbocycles. The topological polar surface area (TPSA) is 74.6 Å². The van der Waals surface area contributed by atoms with E-state index in [-0.39, 0.29) is 6.42 Å². The summed E-state index contributed by atoms with van der Waals surface area (Å²) in [7, 11) is 0. The second-order valence-electron chi connectivity index (χ2n) is 4.54. The number of aliphatic carboxylic acids is 2. The maximum Gasteiger partial charge on any atom is 0.307 e. The van der Waals surface area contributed by atoms with E-state index in [9.17, 15) is 9.59 Å². The van der Waals surface area contributed by atoms with E-state index in [1.54, 1.807) is 6.08 Å². The molecule has 0 aromatic carbocycles. The fourth-order valence-corrected chi connectivity index (χ4v) is 1.73. The summed E-state index contributed by atoms with van der Waals surface area (Å²) >= 11 is 0. The molecule has 2 N–H and O–H groups in total. The molecule has 0 fully saturated rings. The Morgan fingerprint density at radius 3 is 2.28 bits per heavy atom. The second kappa shape index (κ2) is 10.8. The monoisotopic (exact) mass is 256 g/mol. The third kappa shape index (κ3) is 9.87. The van der Waals surface area contributed by atoms with Crippen LogP contribution in [0.25, 0.3) is 0 Å². The highest BCUT2D eigenvalue weighted by molar-refractivity contribution is 5.77. The number of carbonyl (C=O) groups is 2. The van der Waals surface area contributed by atoms with Crippen LogP contribution in [0.4, 0.5) is 0 Å². The van der Waals surface area contributed by atoms with Crippen LogP contribution in [0.1, 0.15) is 58.3 Å². The van der Waals surface area contributed by atoms with Crippen molar-refractivity contribution in [1.82, 2.24) is 0 Å². The maximum absolute atomic E-state index is 10.8. The van der Waals surface area contributed by atoms with Crippen LogP contribution in [-0.2, 0) is 9.59 Å². The van der Waals surface area contributed by atoms with Gasteiger partial charge in [0.2, 0.25) is 0 Å². The molecule has 0 aliphatic heterocycles. The molecule has 0 spiro atoms. The molecule has 0 saturated heterocycles. The number of unbranched alkanes of at least 4 members (excludes halogenated alkanes) is 5. The summed E-state index contributed by atoms with van der Waals surface area (Å²) in [6, 6.07) is 0. The van der Waals surface area contributed by atoms with Gasteiger partial charge in [-0.25, -0.2) is 0 Å². The number of carboxylic acids is 2. The van der Waals surface area contributed by atoms with Gasteiger partial charge in [-0.2, -0.15) is 0 Å². The van der Waals surface area contributed by atoms with Crippen molar-refractivity contribution in [2.45, 2.75) is 58.3 Å². The molecule has 0 rings (SSSR count). The molecule has 0 aromatic rings. The molecule has 104 valence electrons. The van der Waals surface area contributed by atoms with Gasteiger partial charge in [-0.3, -0.25) is 9.59 Å². The van der Waals surface area contributed by atoms with Crippen molar-refractivity contribution >= 4 is 11.9 Å². The average Bonchev–Trinajstić information content (AvgIpc) is 2.30. The lowest BCUT2D eigenvalue weighted by atomic mass is 10.0. The van der Waals surface area contributed by atoms with Crippen LogP contribution < -0.4 is 0 Å². The molecule has 0 aromatic heterocycles. The number of rotatable bonds is 11. The lowest BCUT2D eigenvalue weighted by Crippen LogP contribution is -2.16. The first-order valence-corrected chi connectivity index (χ1v) is 6.67. The highest BCUT2D eigenvalue weighted by Gasteiger charge is 2.18. The number of hydrogen-bond acceptors (Lipinski definition) is 2.